The minimum atomic E-state index is -0.777. The van der Waals surface area contributed by atoms with Crippen LogP contribution >= 0.6 is 11.6 Å². The number of carbonyl (C=O) groups excluding carboxylic acids is 2. The first-order chi connectivity index (χ1) is 11.3. The molecule has 130 valence electrons. The molecule has 0 aromatic heterocycles. The molecular formula is C16H19ClN2O5. The average molecular weight is 355 g/mol. The lowest BCUT2D eigenvalue weighted by Crippen LogP contribution is -2.49. The van der Waals surface area contributed by atoms with E-state index >= 15 is 0 Å². The predicted octanol–water partition coefficient (Wildman–Crippen LogP) is 3.19. The van der Waals surface area contributed by atoms with Gasteiger partial charge in [0.15, 0.2) is 6.61 Å². The summed E-state index contributed by atoms with van der Waals surface area (Å²) in [5, 5.41) is 10.6. The number of esters is 1. The molecule has 8 heteroatoms. The Balaban J connectivity index is 2.00. The second-order valence-corrected chi connectivity index (χ2v) is 6.33. The average Bonchev–Trinajstić information content (AvgIpc) is 2.52. The van der Waals surface area contributed by atoms with E-state index in [1.165, 1.54) is 12.1 Å². The van der Waals surface area contributed by atoms with Crippen LogP contribution in [-0.2, 0) is 9.53 Å². The van der Waals surface area contributed by atoms with Crippen LogP contribution in [0.5, 0.6) is 0 Å². The molecule has 2 rings (SSSR count). The monoisotopic (exact) mass is 354 g/mol. The van der Waals surface area contributed by atoms with Gasteiger partial charge in [-0.2, -0.15) is 0 Å². The number of non-ortho nitro benzene ring substituents is 1. The Hall–Kier alpha value is -2.15. The molecule has 0 aliphatic carbocycles. The summed E-state index contributed by atoms with van der Waals surface area (Å²) in [6.07, 6.45) is 2.93. The van der Waals surface area contributed by atoms with Crippen molar-refractivity contribution in [1.29, 1.82) is 0 Å². The molecule has 0 saturated carbocycles. The van der Waals surface area contributed by atoms with E-state index in [4.69, 9.17) is 16.3 Å². The Labute approximate surface area is 144 Å². The van der Waals surface area contributed by atoms with Gasteiger partial charge in [0.2, 0.25) is 0 Å². The number of hydrogen-bond donors (Lipinski definition) is 0. The lowest BCUT2D eigenvalue weighted by Gasteiger charge is -2.38. The zero-order chi connectivity index (χ0) is 17.9. The van der Waals surface area contributed by atoms with E-state index in [1.807, 2.05) is 13.8 Å². The maximum Gasteiger partial charge on any atom is 0.340 e. The van der Waals surface area contributed by atoms with Crippen LogP contribution in [0.15, 0.2) is 18.2 Å². The van der Waals surface area contributed by atoms with Crippen LogP contribution in [0.4, 0.5) is 5.69 Å². The Bertz CT molecular complexity index is 654. The van der Waals surface area contributed by atoms with Crippen LogP contribution < -0.4 is 0 Å². The van der Waals surface area contributed by atoms with Gasteiger partial charge >= 0.3 is 5.97 Å². The molecule has 1 saturated heterocycles. The Morgan fingerprint density at radius 2 is 1.96 bits per heavy atom. The highest BCUT2D eigenvalue weighted by Gasteiger charge is 2.29. The van der Waals surface area contributed by atoms with Gasteiger partial charge in [0.25, 0.3) is 11.6 Å². The van der Waals surface area contributed by atoms with Crippen molar-refractivity contribution in [3.63, 3.8) is 0 Å². The fourth-order valence-corrected chi connectivity index (χ4v) is 3.23. The van der Waals surface area contributed by atoms with Gasteiger partial charge in [-0.05, 0) is 39.2 Å². The normalized spacial score (nSPS) is 20.5. The van der Waals surface area contributed by atoms with Crippen molar-refractivity contribution < 1.29 is 19.2 Å². The number of carbonyl (C=O) groups is 2. The highest BCUT2D eigenvalue weighted by Crippen LogP contribution is 2.24. The highest BCUT2D eigenvalue weighted by atomic mass is 35.5. The van der Waals surface area contributed by atoms with Gasteiger partial charge in [-0.1, -0.05) is 11.6 Å². The van der Waals surface area contributed by atoms with Gasteiger partial charge in [0.1, 0.15) is 0 Å². The van der Waals surface area contributed by atoms with Crippen molar-refractivity contribution in [3.8, 4) is 0 Å². The van der Waals surface area contributed by atoms with Crippen LogP contribution in [-0.4, -0.2) is 40.4 Å². The topological polar surface area (TPSA) is 89.8 Å². The summed E-state index contributed by atoms with van der Waals surface area (Å²) in [6.45, 7) is 3.58. The van der Waals surface area contributed by atoms with Crippen LogP contribution in [0.3, 0.4) is 0 Å². The van der Waals surface area contributed by atoms with Gasteiger partial charge in [-0.25, -0.2) is 4.79 Å². The molecule has 1 fully saturated rings. The first-order valence-electron chi connectivity index (χ1n) is 7.73. The van der Waals surface area contributed by atoms with Crippen LogP contribution in [0, 0.1) is 10.1 Å². The molecule has 0 bridgehead atoms. The van der Waals surface area contributed by atoms with Crippen LogP contribution in [0.1, 0.15) is 43.5 Å². The smallest absolute Gasteiger partial charge is 0.340 e. The molecular weight excluding hydrogens is 336 g/mol. The maximum atomic E-state index is 12.3. The van der Waals surface area contributed by atoms with E-state index in [1.54, 1.807) is 4.90 Å². The molecule has 1 aliphatic rings. The third-order valence-corrected chi connectivity index (χ3v) is 4.50. The fourth-order valence-electron chi connectivity index (χ4n) is 2.98. The van der Waals surface area contributed by atoms with E-state index in [0.29, 0.717) is 0 Å². The van der Waals surface area contributed by atoms with Crippen molar-refractivity contribution in [2.45, 2.75) is 45.2 Å². The van der Waals surface area contributed by atoms with Gasteiger partial charge < -0.3 is 9.64 Å². The zero-order valence-electron chi connectivity index (χ0n) is 13.5. The maximum absolute atomic E-state index is 12.3. The molecule has 0 N–H and O–H groups in total. The van der Waals surface area contributed by atoms with Crippen LogP contribution in [0.2, 0.25) is 5.02 Å². The number of hydrogen-bond acceptors (Lipinski definition) is 5. The molecule has 0 radical (unpaired) electrons. The van der Waals surface area contributed by atoms with E-state index < -0.39 is 10.9 Å². The van der Waals surface area contributed by atoms with Gasteiger partial charge in [-0.3, -0.25) is 14.9 Å². The lowest BCUT2D eigenvalue weighted by molar-refractivity contribution is -0.384. The Morgan fingerprint density at radius 3 is 2.50 bits per heavy atom. The van der Waals surface area contributed by atoms with E-state index in [9.17, 15) is 19.7 Å². The van der Waals surface area contributed by atoms with Crippen molar-refractivity contribution >= 4 is 29.2 Å². The number of nitro groups is 1. The summed E-state index contributed by atoms with van der Waals surface area (Å²) < 4.78 is 5.04. The van der Waals surface area contributed by atoms with Gasteiger partial charge in [-0.15, -0.1) is 0 Å². The number of piperidine rings is 1. The summed E-state index contributed by atoms with van der Waals surface area (Å²) in [4.78, 5) is 36.2. The Kier molecular flexibility index (Phi) is 5.77. The predicted molar refractivity (Wildman–Crippen MR) is 88.0 cm³/mol. The summed E-state index contributed by atoms with van der Waals surface area (Å²) in [5.74, 6) is -1.03. The summed E-state index contributed by atoms with van der Waals surface area (Å²) in [5.41, 5.74) is -0.224. The minimum Gasteiger partial charge on any atom is -0.452 e. The summed E-state index contributed by atoms with van der Waals surface area (Å²) in [7, 11) is 0. The molecule has 0 spiro atoms. The van der Waals surface area contributed by atoms with Crippen molar-refractivity contribution in [3.05, 3.63) is 38.9 Å². The molecule has 2 atom stereocenters. The SMILES string of the molecule is C[C@@H]1CCC[C@@H](C)N1C(=O)COC(=O)c1ccc([N+](=O)[O-])cc1Cl. The van der Waals surface area contributed by atoms with E-state index in [-0.39, 0.29) is 40.9 Å². The molecule has 1 aromatic rings. The lowest BCUT2D eigenvalue weighted by atomic mass is 9.97. The summed E-state index contributed by atoms with van der Waals surface area (Å²) in [6, 6.07) is 3.69. The fraction of sp³-hybridized carbons (Fsp3) is 0.500. The number of nitro benzene ring substituents is 1. The number of nitrogens with zero attached hydrogens (tertiary/aromatic N) is 2. The second-order valence-electron chi connectivity index (χ2n) is 5.93. The van der Waals surface area contributed by atoms with Gasteiger partial charge in [0, 0.05) is 24.2 Å². The van der Waals surface area contributed by atoms with Crippen molar-refractivity contribution in [1.82, 2.24) is 4.90 Å². The Morgan fingerprint density at radius 1 is 1.33 bits per heavy atom. The molecule has 1 amide bonds. The molecule has 24 heavy (non-hydrogen) atoms. The molecule has 7 nitrogen and oxygen atoms in total. The largest absolute Gasteiger partial charge is 0.452 e. The number of rotatable bonds is 4. The number of halogens is 1. The molecule has 0 unspecified atom stereocenters. The standard InChI is InChI=1S/C16H19ClN2O5/c1-10-4-3-5-11(2)18(10)15(20)9-24-16(21)13-7-6-12(19(22)23)8-14(13)17/h6-8,10-11H,3-5,9H2,1-2H3/t10-,11-/m1/s1. The first-order valence-corrected chi connectivity index (χ1v) is 8.11. The third kappa shape index (κ3) is 4.03. The van der Waals surface area contributed by atoms with E-state index in [2.05, 4.69) is 0 Å². The van der Waals surface area contributed by atoms with E-state index in [0.717, 1.165) is 25.3 Å². The number of likely N-dealkylation sites (tertiary alicyclic amines) is 1. The number of ether oxygens (including phenoxy) is 1. The highest BCUT2D eigenvalue weighted by molar-refractivity contribution is 6.33. The van der Waals surface area contributed by atoms with Crippen molar-refractivity contribution in [2.75, 3.05) is 6.61 Å². The first kappa shape index (κ1) is 18.2. The molecule has 1 heterocycles. The summed E-state index contributed by atoms with van der Waals surface area (Å²) >= 11 is 5.88. The third-order valence-electron chi connectivity index (χ3n) is 4.19. The minimum absolute atomic E-state index is 0.00481. The van der Waals surface area contributed by atoms with Crippen LogP contribution in [0.25, 0.3) is 0 Å². The van der Waals surface area contributed by atoms with Gasteiger partial charge in [0.05, 0.1) is 15.5 Å². The number of amides is 1. The number of benzene rings is 1. The second kappa shape index (κ2) is 7.61. The molecule has 1 aromatic carbocycles. The van der Waals surface area contributed by atoms with Crippen molar-refractivity contribution in [2.24, 2.45) is 0 Å². The quantitative estimate of drug-likeness (QED) is 0.470. The molecule has 1 aliphatic heterocycles. The zero-order valence-corrected chi connectivity index (χ0v) is 14.3.